The van der Waals surface area contributed by atoms with Gasteiger partial charge in [0, 0.05) is 23.4 Å². The summed E-state index contributed by atoms with van der Waals surface area (Å²) in [6.45, 7) is 0.700. The summed E-state index contributed by atoms with van der Waals surface area (Å²) in [5, 5.41) is 15.5. The highest BCUT2D eigenvalue weighted by Crippen LogP contribution is 2.19. The normalized spacial score (nSPS) is 10.4. The highest BCUT2D eigenvalue weighted by molar-refractivity contribution is 6.31. The van der Waals surface area contributed by atoms with Crippen LogP contribution >= 0.6 is 24.0 Å². The Kier molecular flexibility index (Phi) is 5.94. The van der Waals surface area contributed by atoms with Gasteiger partial charge in [-0.1, -0.05) is 22.7 Å². The van der Waals surface area contributed by atoms with E-state index in [0.29, 0.717) is 18.0 Å². The molecule has 0 radical (unpaired) electrons. The molecule has 24 heavy (non-hydrogen) atoms. The monoisotopic (exact) mass is 367 g/mol. The van der Waals surface area contributed by atoms with E-state index in [2.05, 4.69) is 20.3 Å². The zero-order valence-corrected chi connectivity index (χ0v) is 14.1. The quantitative estimate of drug-likeness (QED) is 0.390. The third-order valence-corrected chi connectivity index (χ3v) is 3.61. The molecule has 0 aliphatic heterocycles. The molecule has 0 fully saturated rings. The van der Waals surface area contributed by atoms with Crippen LogP contribution in [0.15, 0.2) is 36.5 Å². The molecule has 2 N–H and O–H groups in total. The van der Waals surface area contributed by atoms with Gasteiger partial charge < -0.3 is 15.4 Å². The number of pyridine rings is 1. The molecule has 0 saturated heterocycles. The number of nitro groups is 1. The third kappa shape index (κ3) is 4.33. The summed E-state index contributed by atoms with van der Waals surface area (Å²) in [6, 6.07) is 9.49. The summed E-state index contributed by atoms with van der Waals surface area (Å²) in [5.74, 6) is 0.552. The number of halogens is 2. The lowest BCUT2D eigenvalue weighted by Gasteiger charge is -2.06. The van der Waals surface area contributed by atoms with Gasteiger partial charge in [-0.15, -0.1) is 12.4 Å². The molecule has 0 atom stereocenters. The summed E-state index contributed by atoms with van der Waals surface area (Å²) in [4.78, 5) is 20.9. The van der Waals surface area contributed by atoms with Crippen LogP contribution in [0.1, 0.15) is 12.1 Å². The van der Waals surface area contributed by atoms with Crippen LogP contribution in [0.2, 0.25) is 5.02 Å². The lowest BCUT2D eigenvalue weighted by Crippen LogP contribution is -2.04. The highest BCUT2D eigenvalue weighted by Gasteiger charge is 2.10. The van der Waals surface area contributed by atoms with Gasteiger partial charge in [-0.3, -0.25) is 0 Å². The van der Waals surface area contributed by atoms with Crippen LogP contribution in [0, 0.1) is 10.1 Å². The standard InChI is InChI=1S/C15H14ClN5O2.ClH/c16-11-5-3-10-4-6-14(20-13(10)8-11)17-7-1-2-12-9-18-15(19-12)21(22)23;/h3-6,8-9H,1-2,7H2,(H,17,20)(H,18,19);1H. The molecule has 0 spiro atoms. The topological polar surface area (TPSA) is 96.7 Å². The minimum atomic E-state index is -0.536. The van der Waals surface area contributed by atoms with Gasteiger partial charge in [-0.25, -0.2) is 9.97 Å². The number of fused-ring (bicyclic) bond motifs is 1. The van der Waals surface area contributed by atoms with Crippen molar-refractivity contribution in [3.63, 3.8) is 0 Å². The van der Waals surface area contributed by atoms with Crippen LogP contribution in [0.5, 0.6) is 0 Å². The number of nitrogens with zero attached hydrogens (tertiary/aromatic N) is 3. The van der Waals surface area contributed by atoms with E-state index < -0.39 is 4.92 Å². The SMILES string of the molecule is Cl.O=[N+]([O-])c1ncc(CCCNc2ccc3ccc(Cl)cc3n2)[nH]1. The van der Waals surface area contributed by atoms with E-state index in [9.17, 15) is 10.1 Å². The molecule has 1 aromatic carbocycles. The fourth-order valence-electron chi connectivity index (χ4n) is 2.25. The smallest absolute Gasteiger partial charge is 0.390 e. The lowest BCUT2D eigenvalue weighted by molar-refractivity contribution is -0.393. The predicted molar refractivity (Wildman–Crippen MR) is 96.1 cm³/mol. The first-order valence-electron chi connectivity index (χ1n) is 7.10. The van der Waals surface area contributed by atoms with Gasteiger partial charge in [-0.05, 0) is 35.6 Å². The third-order valence-electron chi connectivity index (χ3n) is 3.37. The summed E-state index contributed by atoms with van der Waals surface area (Å²) >= 11 is 5.97. The summed E-state index contributed by atoms with van der Waals surface area (Å²) in [6.07, 6.45) is 2.97. The highest BCUT2D eigenvalue weighted by atomic mass is 35.5. The number of hydrogen-bond acceptors (Lipinski definition) is 5. The number of aryl methyl sites for hydroxylation is 1. The molecule has 9 heteroatoms. The van der Waals surface area contributed by atoms with E-state index in [1.807, 2.05) is 30.3 Å². The first kappa shape index (κ1) is 18.0. The maximum absolute atomic E-state index is 10.5. The fraction of sp³-hybridized carbons (Fsp3) is 0.200. The zero-order valence-electron chi connectivity index (χ0n) is 12.5. The molecule has 126 valence electrons. The molecule has 7 nitrogen and oxygen atoms in total. The Morgan fingerprint density at radius 1 is 1.29 bits per heavy atom. The molecule has 2 heterocycles. The largest absolute Gasteiger partial charge is 0.432 e. The molecular formula is C15H15Cl2N5O2. The van der Waals surface area contributed by atoms with Crippen molar-refractivity contribution in [1.29, 1.82) is 0 Å². The summed E-state index contributed by atoms with van der Waals surface area (Å²) in [5.41, 5.74) is 1.59. The number of rotatable bonds is 6. The molecule has 0 aliphatic carbocycles. The lowest BCUT2D eigenvalue weighted by atomic mass is 10.2. The Morgan fingerprint density at radius 3 is 2.83 bits per heavy atom. The number of benzene rings is 1. The van der Waals surface area contributed by atoms with Gasteiger partial charge in [0.25, 0.3) is 0 Å². The predicted octanol–water partition coefficient (Wildman–Crippen LogP) is 3.99. The number of aromatic nitrogens is 3. The van der Waals surface area contributed by atoms with E-state index >= 15 is 0 Å². The van der Waals surface area contributed by atoms with Crippen molar-refractivity contribution in [2.24, 2.45) is 0 Å². The van der Waals surface area contributed by atoms with Crippen molar-refractivity contribution in [3.8, 4) is 0 Å². The minimum absolute atomic E-state index is 0. The molecule has 0 aliphatic rings. The van der Waals surface area contributed by atoms with Gasteiger partial charge in [-0.2, -0.15) is 0 Å². The number of nitrogens with one attached hydrogen (secondary N) is 2. The van der Waals surface area contributed by atoms with Crippen LogP contribution < -0.4 is 5.32 Å². The van der Waals surface area contributed by atoms with Crippen LogP contribution in [0.25, 0.3) is 10.9 Å². The molecule has 0 saturated carbocycles. The van der Waals surface area contributed by atoms with Crippen LogP contribution in [-0.4, -0.2) is 26.4 Å². The van der Waals surface area contributed by atoms with Crippen LogP contribution in [0.3, 0.4) is 0 Å². The molecule has 0 amide bonds. The van der Waals surface area contributed by atoms with Crippen LogP contribution in [0.4, 0.5) is 11.8 Å². The summed E-state index contributed by atoms with van der Waals surface area (Å²) < 4.78 is 0. The second-order valence-electron chi connectivity index (χ2n) is 5.05. The second-order valence-corrected chi connectivity index (χ2v) is 5.49. The van der Waals surface area contributed by atoms with Gasteiger partial charge in [0.2, 0.25) is 0 Å². The Morgan fingerprint density at radius 2 is 2.08 bits per heavy atom. The molecule has 0 unspecified atom stereocenters. The molecule has 2 aromatic heterocycles. The van der Waals surface area contributed by atoms with Gasteiger partial charge in [0.1, 0.15) is 17.7 Å². The average molecular weight is 368 g/mol. The van der Waals surface area contributed by atoms with Crippen molar-refractivity contribution in [1.82, 2.24) is 15.0 Å². The number of anilines is 1. The second kappa shape index (κ2) is 7.94. The number of hydrogen-bond donors (Lipinski definition) is 2. The van der Waals surface area contributed by atoms with Gasteiger partial charge >= 0.3 is 5.95 Å². The van der Waals surface area contributed by atoms with Crippen molar-refractivity contribution in [2.45, 2.75) is 12.8 Å². The maximum Gasteiger partial charge on any atom is 0.432 e. The Labute approximate surface area is 149 Å². The Balaban J connectivity index is 0.00000208. The van der Waals surface area contributed by atoms with E-state index in [-0.39, 0.29) is 18.4 Å². The zero-order chi connectivity index (χ0) is 16.2. The van der Waals surface area contributed by atoms with E-state index in [1.54, 1.807) is 0 Å². The van der Waals surface area contributed by atoms with E-state index in [1.165, 1.54) is 6.20 Å². The van der Waals surface area contributed by atoms with Crippen molar-refractivity contribution >= 4 is 46.7 Å². The van der Waals surface area contributed by atoms with Crippen molar-refractivity contribution < 1.29 is 4.92 Å². The van der Waals surface area contributed by atoms with Crippen molar-refractivity contribution in [2.75, 3.05) is 11.9 Å². The average Bonchev–Trinajstić information content (AvgIpc) is 3.00. The van der Waals surface area contributed by atoms with Crippen molar-refractivity contribution in [3.05, 3.63) is 57.4 Å². The van der Waals surface area contributed by atoms with Crippen LogP contribution in [-0.2, 0) is 6.42 Å². The first-order valence-corrected chi connectivity index (χ1v) is 7.48. The fourth-order valence-corrected chi connectivity index (χ4v) is 2.42. The number of aromatic amines is 1. The number of imidazole rings is 1. The Hall–Kier alpha value is -2.38. The molecule has 0 bridgehead atoms. The molecule has 3 aromatic rings. The first-order chi connectivity index (χ1) is 11.1. The van der Waals surface area contributed by atoms with Gasteiger partial charge in [0.15, 0.2) is 0 Å². The van der Waals surface area contributed by atoms with E-state index in [0.717, 1.165) is 28.8 Å². The maximum atomic E-state index is 10.5. The molecular weight excluding hydrogens is 353 g/mol. The molecule has 3 rings (SSSR count). The number of H-pyrrole nitrogens is 1. The minimum Gasteiger partial charge on any atom is -0.390 e. The van der Waals surface area contributed by atoms with E-state index in [4.69, 9.17) is 11.6 Å². The Bertz CT molecular complexity index is 853. The summed E-state index contributed by atoms with van der Waals surface area (Å²) in [7, 11) is 0. The van der Waals surface area contributed by atoms with Gasteiger partial charge in [0.05, 0.1) is 5.52 Å².